The van der Waals surface area contributed by atoms with E-state index in [4.69, 9.17) is 0 Å². The van der Waals surface area contributed by atoms with E-state index in [9.17, 15) is 0 Å². The van der Waals surface area contributed by atoms with Crippen LogP contribution in [-0.2, 0) is 0 Å². The van der Waals surface area contributed by atoms with Gasteiger partial charge in [0.1, 0.15) is 0 Å². The minimum Gasteiger partial charge on any atom is -0.316 e. The molecule has 0 aromatic carbocycles. The van der Waals surface area contributed by atoms with Gasteiger partial charge in [-0.1, -0.05) is 40.5 Å². The lowest BCUT2D eigenvalue weighted by molar-refractivity contribution is 0.136. The molecular formula is C18H38N2. The molecule has 1 aliphatic rings. The maximum absolute atomic E-state index is 3.60. The molecule has 2 heteroatoms. The third-order valence-corrected chi connectivity index (χ3v) is 5.45. The van der Waals surface area contributed by atoms with Crippen LogP contribution in [0.1, 0.15) is 72.6 Å². The Kier molecular flexibility index (Phi) is 8.79. The SMILES string of the molecule is CCCC1CCCN(CC(CC)(CC)CNCC)CC1. The Morgan fingerprint density at radius 2 is 1.80 bits per heavy atom. The molecule has 1 atom stereocenters. The molecule has 1 saturated heterocycles. The summed E-state index contributed by atoms with van der Waals surface area (Å²) in [6.45, 7) is 15.5. The first-order valence-electron chi connectivity index (χ1n) is 9.12. The highest BCUT2D eigenvalue weighted by molar-refractivity contribution is 4.84. The fraction of sp³-hybridized carbons (Fsp3) is 1.00. The van der Waals surface area contributed by atoms with E-state index in [0.717, 1.165) is 12.5 Å². The van der Waals surface area contributed by atoms with Crippen molar-refractivity contribution in [2.75, 3.05) is 32.7 Å². The normalized spacial score (nSPS) is 21.9. The smallest absolute Gasteiger partial charge is 0.00499 e. The van der Waals surface area contributed by atoms with Gasteiger partial charge in [-0.15, -0.1) is 0 Å². The van der Waals surface area contributed by atoms with E-state index in [2.05, 4.69) is 37.9 Å². The molecule has 1 unspecified atom stereocenters. The van der Waals surface area contributed by atoms with Crippen molar-refractivity contribution >= 4 is 0 Å². The molecule has 1 fully saturated rings. The minimum atomic E-state index is 0.487. The highest BCUT2D eigenvalue weighted by atomic mass is 15.1. The van der Waals surface area contributed by atoms with Crippen LogP contribution in [0, 0.1) is 11.3 Å². The quantitative estimate of drug-likeness (QED) is 0.678. The minimum absolute atomic E-state index is 0.487. The van der Waals surface area contributed by atoms with Crippen molar-refractivity contribution < 1.29 is 0 Å². The third-order valence-electron chi connectivity index (χ3n) is 5.45. The average Bonchev–Trinajstić information content (AvgIpc) is 2.69. The number of hydrogen-bond acceptors (Lipinski definition) is 2. The van der Waals surface area contributed by atoms with Crippen molar-refractivity contribution in [3.05, 3.63) is 0 Å². The predicted molar refractivity (Wildman–Crippen MR) is 90.2 cm³/mol. The molecule has 0 saturated carbocycles. The van der Waals surface area contributed by atoms with Gasteiger partial charge >= 0.3 is 0 Å². The first kappa shape index (κ1) is 18.0. The van der Waals surface area contributed by atoms with Crippen LogP contribution in [-0.4, -0.2) is 37.6 Å². The van der Waals surface area contributed by atoms with Crippen LogP contribution in [0.5, 0.6) is 0 Å². The van der Waals surface area contributed by atoms with E-state index >= 15 is 0 Å². The van der Waals surface area contributed by atoms with Gasteiger partial charge in [0.25, 0.3) is 0 Å². The number of nitrogens with zero attached hydrogens (tertiary/aromatic N) is 1. The second kappa shape index (κ2) is 9.78. The van der Waals surface area contributed by atoms with E-state index < -0.39 is 0 Å². The molecule has 1 rings (SSSR count). The summed E-state index contributed by atoms with van der Waals surface area (Å²) in [5.41, 5.74) is 0.487. The van der Waals surface area contributed by atoms with Crippen LogP contribution in [0.4, 0.5) is 0 Å². The summed E-state index contributed by atoms with van der Waals surface area (Å²) in [6.07, 6.45) is 9.70. The zero-order valence-electron chi connectivity index (χ0n) is 14.5. The molecule has 0 aliphatic carbocycles. The van der Waals surface area contributed by atoms with Gasteiger partial charge in [-0.25, -0.2) is 0 Å². The van der Waals surface area contributed by atoms with E-state index in [0.29, 0.717) is 5.41 Å². The van der Waals surface area contributed by atoms with Gasteiger partial charge in [0.15, 0.2) is 0 Å². The fourth-order valence-corrected chi connectivity index (χ4v) is 3.72. The molecular weight excluding hydrogens is 244 g/mol. The van der Waals surface area contributed by atoms with Gasteiger partial charge in [0.2, 0.25) is 0 Å². The van der Waals surface area contributed by atoms with Crippen LogP contribution >= 0.6 is 0 Å². The zero-order chi connectivity index (χ0) is 14.8. The molecule has 0 bridgehead atoms. The maximum Gasteiger partial charge on any atom is 0.00499 e. The largest absolute Gasteiger partial charge is 0.316 e. The molecule has 1 N–H and O–H groups in total. The Morgan fingerprint density at radius 3 is 2.40 bits per heavy atom. The monoisotopic (exact) mass is 282 g/mol. The number of hydrogen-bond donors (Lipinski definition) is 1. The highest BCUT2D eigenvalue weighted by Crippen LogP contribution is 2.29. The van der Waals surface area contributed by atoms with Gasteiger partial charge in [-0.3, -0.25) is 0 Å². The summed E-state index contributed by atoms with van der Waals surface area (Å²) in [5.74, 6) is 0.997. The Labute approximate surface area is 127 Å². The van der Waals surface area contributed by atoms with E-state index in [1.54, 1.807) is 0 Å². The van der Waals surface area contributed by atoms with Crippen molar-refractivity contribution in [1.82, 2.24) is 10.2 Å². The fourth-order valence-electron chi connectivity index (χ4n) is 3.72. The molecule has 1 heterocycles. The topological polar surface area (TPSA) is 15.3 Å². The second-order valence-electron chi connectivity index (χ2n) is 6.85. The van der Waals surface area contributed by atoms with Gasteiger partial charge in [-0.05, 0) is 63.1 Å². The lowest BCUT2D eigenvalue weighted by Crippen LogP contribution is -2.44. The van der Waals surface area contributed by atoms with E-state index in [1.165, 1.54) is 71.1 Å². The molecule has 1 aliphatic heterocycles. The number of likely N-dealkylation sites (tertiary alicyclic amines) is 1. The standard InChI is InChI=1S/C18H38N2/c1-5-10-17-11-9-13-20(14-12-17)16-18(6-2,7-3)15-19-8-4/h17,19H,5-16H2,1-4H3. The summed E-state index contributed by atoms with van der Waals surface area (Å²) in [6, 6.07) is 0. The highest BCUT2D eigenvalue weighted by Gasteiger charge is 2.29. The number of rotatable bonds is 9. The van der Waals surface area contributed by atoms with Crippen LogP contribution in [0.2, 0.25) is 0 Å². The van der Waals surface area contributed by atoms with Crippen LogP contribution < -0.4 is 5.32 Å². The molecule has 0 spiro atoms. The Balaban J connectivity index is 2.51. The van der Waals surface area contributed by atoms with Gasteiger partial charge < -0.3 is 10.2 Å². The van der Waals surface area contributed by atoms with Gasteiger partial charge in [0, 0.05) is 13.1 Å². The third kappa shape index (κ3) is 5.73. The van der Waals surface area contributed by atoms with Gasteiger partial charge in [0.05, 0.1) is 0 Å². The van der Waals surface area contributed by atoms with E-state index in [-0.39, 0.29) is 0 Å². The van der Waals surface area contributed by atoms with Gasteiger partial charge in [-0.2, -0.15) is 0 Å². The number of nitrogens with one attached hydrogen (secondary N) is 1. The molecule has 20 heavy (non-hydrogen) atoms. The Bertz CT molecular complexity index is 236. The summed E-state index contributed by atoms with van der Waals surface area (Å²) in [4.78, 5) is 2.76. The van der Waals surface area contributed by atoms with Crippen molar-refractivity contribution in [2.24, 2.45) is 11.3 Å². The van der Waals surface area contributed by atoms with Crippen molar-refractivity contribution in [1.29, 1.82) is 0 Å². The predicted octanol–water partition coefficient (Wildman–Crippen LogP) is 4.30. The zero-order valence-corrected chi connectivity index (χ0v) is 14.5. The van der Waals surface area contributed by atoms with Crippen molar-refractivity contribution in [3.63, 3.8) is 0 Å². The Morgan fingerprint density at radius 1 is 1.05 bits per heavy atom. The molecule has 0 radical (unpaired) electrons. The van der Waals surface area contributed by atoms with Crippen molar-refractivity contribution in [2.45, 2.75) is 72.6 Å². The molecule has 120 valence electrons. The van der Waals surface area contributed by atoms with Crippen molar-refractivity contribution in [3.8, 4) is 0 Å². The molecule has 2 nitrogen and oxygen atoms in total. The summed E-state index contributed by atoms with van der Waals surface area (Å²) in [7, 11) is 0. The second-order valence-corrected chi connectivity index (χ2v) is 6.85. The maximum atomic E-state index is 3.60. The summed E-state index contributed by atoms with van der Waals surface area (Å²) < 4.78 is 0. The Hall–Kier alpha value is -0.0800. The molecule has 0 aromatic rings. The van der Waals surface area contributed by atoms with Crippen LogP contribution in [0.15, 0.2) is 0 Å². The lowest BCUT2D eigenvalue weighted by atomic mass is 9.81. The molecule has 0 aromatic heterocycles. The average molecular weight is 283 g/mol. The first-order valence-corrected chi connectivity index (χ1v) is 9.12. The van der Waals surface area contributed by atoms with Crippen LogP contribution in [0.3, 0.4) is 0 Å². The first-order chi connectivity index (χ1) is 9.69. The summed E-state index contributed by atoms with van der Waals surface area (Å²) >= 11 is 0. The molecule has 0 amide bonds. The lowest BCUT2D eigenvalue weighted by Gasteiger charge is -2.37. The van der Waals surface area contributed by atoms with E-state index in [1.807, 2.05) is 0 Å². The summed E-state index contributed by atoms with van der Waals surface area (Å²) in [5, 5.41) is 3.60. The van der Waals surface area contributed by atoms with Crippen LogP contribution in [0.25, 0.3) is 0 Å².